The lowest BCUT2D eigenvalue weighted by Gasteiger charge is -2.21. The molecule has 0 spiro atoms. The van der Waals surface area contributed by atoms with Gasteiger partial charge in [0.1, 0.15) is 6.10 Å². The number of rotatable bonds is 17. The molecule has 1 aliphatic heterocycles. The lowest BCUT2D eigenvalue weighted by Crippen LogP contribution is -2.23. The van der Waals surface area contributed by atoms with E-state index in [1.807, 2.05) is 0 Å². The quantitative estimate of drug-likeness (QED) is 0.198. The molecule has 1 fully saturated rings. The molecule has 0 bridgehead atoms. The fourth-order valence-electron chi connectivity index (χ4n) is 3.90. The first-order valence-electron chi connectivity index (χ1n) is 11.5. The molecule has 0 aromatic heterocycles. The molecule has 1 rings (SSSR count). The first-order chi connectivity index (χ1) is 12.3. The van der Waals surface area contributed by atoms with Crippen molar-refractivity contribution in [3.63, 3.8) is 0 Å². The maximum absolute atomic E-state index is 11.2. The molecule has 0 radical (unpaired) electrons. The van der Waals surface area contributed by atoms with Gasteiger partial charge in [0.2, 0.25) is 0 Å². The Balaban J connectivity index is 1.70. The van der Waals surface area contributed by atoms with Crippen LogP contribution in [-0.2, 0) is 9.53 Å². The smallest absolute Gasteiger partial charge is 0.306 e. The average molecular weight is 353 g/mol. The van der Waals surface area contributed by atoms with Crippen molar-refractivity contribution in [2.75, 3.05) is 0 Å². The molecular weight excluding hydrogens is 308 g/mol. The van der Waals surface area contributed by atoms with Gasteiger partial charge in [-0.2, -0.15) is 0 Å². The standard InChI is InChI=1S/C23H44O2/c1-2-3-4-5-6-7-8-9-10-11-12-13-14-15-16-17-19-22-20-18-21-23(24)25-22/h22H,2-21H2,1H3. The van der Waals surface area contributed by atoms with E-state index in [1.54, 1.807) is 0 Å². The molecule has 1 aliphatic rings. The molecule has 1 unspecified atom stereocenters. The van der Waals surface area contributed by atoms with E-state index >= 15 is 0 Å². The second-order valence-corrected chi connectivity index (χ2v) is 8.10. The minimum Gasteiger partial charge on any atom is -0.462 e. The third-order valence-corrected chi connectivity index (χ3v) is 5.58. The van der Waals surface area contributed by atoms with Crippen LogP contribution in [0.15, 0.2) is 0 Å². The number of cyclic esters (lactones) is 1. The number of hydrogen-bond acceptors (Lipinski definition) is 2. The number of hydrogen-bond donors (Lipinski definition) is 0. The molecule has 1 atom stereocenters. The Morgan fingerprint density at radius 1 is 0.720 bits per heavy atom. The zero-order valence-electron chi connectivity index (χ0n) is 17.0. The van der Waals surface area contributed by atoms with E-state index in [0.717, 1.165) is 19.3 Å². The molecule has 0 aliphatic carbocycles. The van der Waals surface area contributed by atoms with Crippen LogP contribution in [0.2, 0.25) is 0 Å². The van der Waals surface area contributed by atoms with Gasteiger partial charge in [-0.3, -0.25) is 4.79 Å². The Morgan fingerprint density at radius 3 is 1.60 bits per heavy atom. The minimum atomic E-state index is 0.0211. The van der Waals surface area contributed by atoms with Gasteiger partial charge in [0.15, 0.2) is 0 Å². The molecule has 2 nitrogen and oxygen atoms in total. The summed E-state index contributed by atoms with van der Waals surface area (Å²) in [6.45, 7) is 2.29. The molecule has 0 saturated carbocycles. The largest absolute Gasteiger partial charge is 0.462 e. The van der Waals surface area contributed by atoms with E-state index in [1.165, 1.54) is 103 Å². The predicted octanol–water partition coefficient (Wildman–Crippen LogP) is 7.73. The SMILES string of the molecule is CCCCCCCCCCCCCCCCCCC1CCCC(=O)O1. The summed E-state index contributed by atoms with van der Waals surface area (Å²) >= 11 is 0. The predicted molar refractivity (Wildman–Crippen MR) is 108 cm³/mol. The highest BCUT2D eigenvalue weighted by molar-refractivity contribution is 5.70. The van der Waals surface area contributed by atoms with Crippen molar-refractivity contribution < 1.29 is 9.53 Å². The number of unbranched alkanes of at least 4 members (excludes halogenated alkanes) is 15. The third kappa shape index (κ3) is 14.3. The molecule has 25 heavy (non-hydrogen) atoms. The fraction of sp³-hybridized carbons (Fsp3) is 0.957. The summed E-state index contributed by atoms with van der Waals surface area (Å²) in [6, 6.07) is 0. The summed E-state index contributed by atoms with van der Waals surface area (Å²) in [6.07, 6.45) is 26.6. The molecule has 0 amide bonds. The van der Waals surface area contributed by atoms with Crippen LogP contribution in [0.25, 0.3) is 0 Å². The van der Waals surface area contributed by atoms with E-state index in [0.29, 0.717) is 6.42 Å². The van der Waals surface area contributed by atoms with Gasteiger partial charge in [-0.15, -0.1) is 0 Å². The number of ether oxygens (including phenoxy) is 1. The first-order valence-corrected chi connectivity index (χ1v) is 11.5. The maximum Gasteiger partial charge on any atom is 0.306 e. The zero-order valence-corrected chi connectivity index (χ0v) is 17.0. The summed E-state index contributed by atoms with van der Waals surface area (Å²) in [5.41, 5.74) is 0. The van der Waals surface area contributed by atoms with Crippen LogP contribution >= 0.6 is 0 Å². The summed E-state index contributed by atoms with van der Waals surface area (Å²) in [4.78, 5) is 11.2. The monoisotopic (exact) mass is 352 g/mol. The Labute approximate surface area is 157 Å². The van der Waals surface area contributed by atoms with E-state index in [4.69, 9.17) is 4.74 Å². The van der Waals surface area contributed by atoms with Gasteiger partial charge in [-0.1, -0.05) is 103 Å². The first kappa shape index (κ1) is 22.5. The normalized spacial score (nSPS) is 17.6. The highest BCUT2D eigenvalue weighted by Crippen LogP contribution is 2.20. The van der Waals surface area contributed by atoms with Gasteiger partial charge in [0.05, 0.1) is 0 Å². The molecule has 0 N–H and O–H groups in total. The van der Waals surface area contributed by atoms with Gasteiger partial charge in [-0.25, -0.2) is 0 Å². The molecule has 1 heterocycles. The van der Waals surface area contributed by atoms with E-state index < -0.39 is 0 Å². The Bertz CT molecular complexity index is 300. The van der Waals surface area contributed by atoms with Crippen molar-refractivity contribution in [3.8, 4) is 0 Å². The van der Waals surface area contributed by atoms with Crippen LogP contribution in [-0.4, -0.2) is 12.1 Å². The molecule has 0 aromatic rings. The molecular formula is C23H44O2. The number of carbonyl (C=O) groups is 1. The van der Waals surface area contributed by atoms with Gasteiger partial charge in [-0.05, 0) is 25.7 Å². The summed E-state index contributed by atoms with van der Waals surface area (Å²) in [7, 11) is 0. The van der Waals surface area contributed by atoms with Gasteiger partial charge in [0, 0.05) is 6.42 Å². The van der Waals surface area contributed by atoms with Crippen molar-refractivity contribution in [1.29, 1.82) is 0 Å². The van der Waals surface area contributed by atoms with Crippen molar-refractivity contribution in [3.05, 3.63) is 0 Å². The molecule has 2 heteroatoms. The van der Waals surface area contributed by atoms with Crippen LogP contribution in [0, 0.1) is 0 Å². The molecule has 0 aromatic carbocycles. The second kappa shape index (κ2) is 16.9. The van der Waals surface area contributed by atoms with Crippen LogP contribution in [0.3, 0.4) is 0 Å². The Kier molecular flexibility index (Phi) is 15.2. The van der Waals surface area contributed by atoms with Gasteiger partial charge >= 0.3 is 5.97 Å². The highest BCUT2D eigenvalue weighted by Gasteiger charge is 2.19. The second-order valence-electron chi connectivity index (χ2n) is 8.10. The Hall–Kier alpha value is -0.530. The van der Waals surface area contributed by atoms with E-state index in [-0.39, 0.29) is 12.1 Å². The fourth-order valence-corrected chi connectivity index (χ4v) is 3.90. The number of carbonyl (C=O) groups excluding carboxylic acids is 1. The summed E-state index contributed by atoms with van der Waals surface area (Å²) < 4.78 is 5.37. The average Bonchev–Trinajstić information content (AvgIpc) is 2.61. The summed E-state index contributed by atoms with van der Waals surface area (Å²) in [5, 5.41) is 0. The van der Waals surface area contributed by atoms with Crippen molar-refractivity contribution in [2.24, 2.45) is 0 Å². The Morgan fingerprint density at radius 2 is 1.16 bits per heavy atom. The minimum absolute atomic E-state index is 0.0211. The van der Waals surface area contributed by atoms with Crippen molar-refractivity contribution >= 4 is 5.97 Å². The van der Waals surface area contributed by atoms with E-state index in [9.17, 15) is 4.79 Å². The van der Waals surface area contributed by atoms with Gasteiger partial charge in [0.25, 0.3) is 0 Å². The molecule has 148 valence electrons. The topological polar surface area (TPSA) is 26.3 Å². The van der Waals surface area contributed by atoms with Crippen molar-refractivity contribution in [1.82, 2.24) is 0 Å². The van der Waals surface area contributed by atoms with Crippen LogP contribution in [0.5, 0.6) is 0 Å². The summed E-state index contributed by atoms with van der Waals surface area (Å²) in [5.74, 6) is 0.0211. The van der Waals surface area contributed by atoms with E-state index in [2.05, 4.69) is 6.92 Å². The highest BCUT2D eigenvalue weighted by atomic mass is 16.5. The van der Waals surface area contributed by atoms with Crippen molar-refractivity contribution in [2.45, 2.75) is 141 Å². The third-order valence-electron chi connectivity index (χ3n) is 5.58. The van der Waals surface area contributed by atoms with Gasteiger partial charge < -0.3 is 4.74 Å². The van der Waals surface area contributed by atoms with Crippen LogP contribution < -0.4 is 0 Å². The van der Waals surface area contributed by atoms with Crippen LogP contribution in [0.1, 0.15) is 135 Å². The lowest BCUT2D eigenvalue weighted by atomic mass is 10.0. The maximum atomic E-state index is 11.2. The zero-order chi connectivity index (χ0) is 18.0. The van der Waals surface area contributed by atoms with Crippen LogP contribution in [0.4, 0.5) is 0 Å². The molecule has 1 saturated heterocycles. The number of esters is 1. The lowest BCUT2D eigenvalue weighted by molar-refractivity contribution is -0.154.